The van der Waals surface area contributed by atoms with Crippen molar-refractivity contribution in [3.05, 3.63) is 58.7 Å². The van der Waals surface area contributed by atoms with Crippen LogP contribution in [-0.2, 0) is 4.74 Å². The van der Waals surface area contributed by atoms with Crippen LogP contribution < -0.4 is 5.32 Å². The van der Waals surface area contributed by atoms with Gasteiger partial charge in [-0.1, -0.05) is 30.3 Å². The van der Waals surface area contributed by atoms with Crippen molar-refractivity contribution >= 4 is 39.6 Å². The lowest BCUT2D eigenvalue weighted by Gasteiger charge is -2.10. The van der Waals surface area contributed by atoms with Gasteiger partial charge in [-0.15, -0.1) is 11.3 Å². The predicted molar refractivity (Wildman–Crippen MR) is 109 cm³/mol. The van der Waals surface area contributed by atoms with Crippen molar-refractivity contribution < 1.29 is 9.53 Å². The average molecular weight is 386 g/mol. The lowest BCUT2D eigenvalue weighted by molar-refractivity contribution is 0.0529. The van der Waals surface area contributed by atoms with Gasteiger partial charge in [0.2, 0.25) is 0 Å². The minimum Gasteiger partial charge on any atom is -0.462 e. The molecule has 0 aliphatic rings. The molecule has 0 aliphatic heterocycles. The zero-order chi connectivity index (χ0) is 18.7. The lowest BCUT2D eigenvalue weighted by atomic mass is 10.0. The van der Waals surface area contributed by atoms with E-state index in [-0.39, 0.29) is 5.97 Å². The Bertz CT molecular complexity index is 945. The molecule has 1 N–H and O–H groups in total. The first-order valence-corrected chi connectivity index (χ1v) is 9.42. The van der Waals surface area contributed by atoms with Gasteiger partial charge in [-0.05, 0) is 44.1 Å². The number of hydrogen-bond donors (Lipinski definition) is 1. The maximum absolute atomic E-state index is 12.7. The van der Waals surface area contributed by atoms with Crippen molar-refractivity contribution in [2.45, 2.75) is 20.8 Å². The van der Waals surface area contributed by atoms with Crippen molar-refractivity contribution in [2.24, 2.45) is 0 Å². The number of anilines is 1. The highest BCUT2D eigenvalue weighted by Gasteiger charge is 2.25. The van der Waals surface area contributed by atoms with Crippen LogP contribution in [0.3, 0.4) is 0 Å². The van der Waals surface area contributed by atoms with Gasteiger partial charge in [0.25, 0.3) is 0 Å². The fourth-order valence-electron chi connectivity index (χ4n) is 2.66. The third kappa shape index (κ3) is 3.68. The molecular formula is C19H19N3O2S2. The first-order valence-electron chi connectivity index (χ1n) is 8.19. The Balaban J connectivity index is 2.04. The van der Waals surface area contributed by atoms with Crippen LogP contribution in [0, 0.1) is 13.8 Å². The first-order chi connectivity index (χ1) is 12.5. The summed E-state index contributed by atoms with van der Waals surface area (Å²) in [6.07, 6.45) is 3.56. The highest BCUT2D eigenvalue weighted by molar-refractivity contribution is 7.80. The van der Waals surface area contributed by atoms with Gasteiger partial charge in [0.1, 0.15) is 10.6 Å². The largest absolute Gasteiger partial charge is 0.462 e. The quantitative estimate of drug-likeness (QED) is 0.523. The van der Waals surface area contributed by atoms with E-state index in [0.717, 1.165) is 21.6 Å². The van der Waals surface area contributed by atoms with E-state index in [0.29, 0.717) is 22.3 Å². The molecule has 5 nitrogen and oxygen atoms in total. The molecular weight excluding hydrogens is 366 g/mol. The van der Waals surface area contributed by atoms with E-state index in [9.17, 15) is 4.79 Å². The van der Waals surface area contributed by atoms with Crippen LogP contribution in [0.15, 0.2) is 42.7 Å². The highest BCUT2D eigenvalue weighted by Crippen LogP contribution is 2.40. The zero-order valence-electron chi connectivity index (χ0n) is 14.8. The fraction of sp³-hybridized carbons (Fsp3) is 0.211. The first kappa shape index (κ1) is 18.3. The number of nitrogens with zero attached hydrogens (tertiary/aromatic N) is 2. The second-order valence-electron chi connectivity index (χ2n) is 5.72. The summed E-state index contributed by atoms with van der Waals surface area (Å²) in [5.41, 5.74) is 3.35. The van der Waals surface area contributed by atoms with E-state index in [1.165, 1.54) is 11.3 Å². The second-order valence-corrected chi connectivity index (χ2v) is 7.33. The molecule has 1 aromatic carbocycles. The second kappa shape index (κ2) is 7.80. The van der Waals surface area contributed by atoms with Crippen molar-refractivity contribution in [3.8, 4) is 11.1 Å². The van der Waals surface area contributed by atoms with Crippen molar-refractivity contribution in [1.29, 1.82) is 0 Å². The molecule has 7 heteroatoms. The smallest absolute Gasteiger partial charge is 0.341 e. The number of nitrogens with one attached hydrogen (secondary N) is 1. The van der Waals surface area contributed by atoms with Crippen molar-refractivity contribution in [3.63, 3.8) is 0 Å². The summed E-state index contributed by atoms with van der Waals surface area (Å²) in [5, 5.41) is 8.44. The molecule has 0 bridgehead atoms. The molecule has 3 rings (SSSR count). The number of benzene rings is 1. The summed E-state index contributed by atoms with van der Waals surface area (Å²) in [6, 6.07) is 9.81. The summed E-state index contributed by atoms with van der Waals surface area (Å²) in [5.74, 6) is -0.363. The van der Waals surface area contributed by atoms with E-state index in [2.05, 4.69) is 10.4 Å². The van der Waals surface area contributed by atoms with Crippen LogP contribution in [-0.4, -0.2) is 27.5 Å². The van der Waals surface area contributed by atoms with Crippen LogP contribution >= 0.6 is 23.6 Å². The number of thiophene rings is 1. The number of carbonyl (C=O) groups is 1. The van der Waals surface area contributed by atoms with E-state index >= 15 is 0 Å². The number of ether oxygens (including phenoxy) is 1. The topological polar surface area (TPSA) is 56.1 Å². The molecule has 0 atom stereocenters. The Morgan fingerprint density at radius 2 is 2.04 bits per heavy atom. The zero-order valence-corrected chi connectivity index (χ0v) is 16.4. The van der Waals surface area contributed by atoms with E-state index in [4.69, 9.17) is 17.0 Å². The lowest BCUT2D eigenvalue weighted by Crippen LogP contribution is -2.20. The average Bonchev–Trinajstić information content (AvgIpc) is 3.19. The molecule has 2 aromatic heterocycles. The molecule has 0 spiro atoms. The SMILES string of the molecule is CCOC(=O)c1c(NC(=S)n2cc(C)cn2)sc(C)c1-c1ccccc1. The summed E-state index contributed by atoms with van der Waals surface area (Å²) in [4.78, 5) is 13.7. The number of rotatable bonds is 4. The number of carbonyl (C=O) groups excluding carboxylic acids is 1. The van der Waals surface area contributed by atoms with Gasteiger partial charge in [0.05, 0.1) is 12.8 Å². The van der Waals surface area contributed by atoms with Gasteiger partial charge in [0.15, 0.2) is 5.11 Å². The van der Waals surface area contributed by atoms with Gasteiger partial charge < -0.3 is 10.1 Å². The monoisotopic (exact) mass is 385 g/mol. The summed E-state index contributed by atoms with van der Waals surface area (Å²) in [6.45, 7) is 6.04. The molecule has 3 aromatic rings. The van der Waals surface area contributed by atoms with Crippen LogP contribution in [0.25, 0.3) is 11.1 Å². The van der Waals surface area contributed by atoms with Gasteiger partial charge in [-0.3, -0.25) is 0 Å². The molecule has 26 heavy (non-hydrogen) atoms. The molecule has 0 unspecified atom stereocenters. The Kier molecular flexibility index (Phi) is 5.49. The summed E-state index contributed by atoms with van der Waals surface area (Å²) < 4.78 is 6.88. The predicted octanol–water partition coefficient (Wildman–Crippen LogP) is 4.65. The maximum Gasteiger partial charge on any atom is 0.341 e. The standard InChI is InChI=1S/C19H19N3O2S2/c1-4-24-18(23)16-15(14-8-6-5-7-9-14)13(3)26-17(16)21-19(25)22-11-12(2)10-20-22/h5-11H,4H2,1-3H3,(H,21,25). The maximum atomic E-state index is 12.7. The Morgan fingerprint density at radius 1 is 1.31 bits per heavy atom. The molecule has 0 fully saturated rings. The number of aryl methyl sites for hydroxylation is 2. The van der Waals surface area contributed by atoms with Crippen LogP contribution in [0.1, 0.15) is 27.7 Å². The normalized spacial score (nSPS) is 10.6. The van der Waals surface area contributed by atoms with E-state index < -0.39 is 0 Å². The number of thiocarbonyl (C=S) groups is 1. The molecule has 0 aliphatic carbocycles. The fourth-order valence-corrected chi connectivity index (χ4v) is 3.99. The van der Waals surface area contributed by atoms with Gasteiger partial charge in [0, 0.05) is 16.6 Å². The van der Waals surface area contributed by atoms with E-state index in [1.807, 2.05) is 50.4 Å². The van der Waals surface area contributed by atoms with Crippen molar-refractivity contribution in [2.75, 3.05) is 11.9 Å². The molecule has 0 amide bonds. The van der Waals surface area contributed by atoms with Crippen molar-refractivity contribution in [1.82, 2.24) is 9.78 Å². The van der Waals surface area contributed by atoms with Gasteiger partial charge in [-0.25, -0.2) is 9.48 Å². The third-order valence-electron chi connectivity index (χ3n) is 3.77. The summed E-state index contributed by atoms with van der Waals surface area (Å²) >= 11 is 6.92. The molecule has 0 radical (unpaired) electrons. The molecule has 134 valence electrons. The minimum atomic E-state index is -0.363. The number of esters is 1. The number of hydrogen-bond acceptors (Lipinski definition) is 5. The Morgan fingerprint density at radius 3 is 2.65 bits per heavy atom. The Labute approximate surface area is 161 Å². The van der Waals surface area contributed by atoms with Crippen LogP contribution in [0.4, 0.5) is 5.00 Å². The van der Waals surface area contributed by atoms with E-state index in [1.54, 1.807) is 17.8 Å². The third-order valence-corrected chi connectivity index (χ3v) is 5.08. The molecule has 0 saturated heterocycles. The minimum absolute atomic E-state index is 0.310. The molecule has 0 saturated carbocycles. The number of aromatic nitrogens is 2. The van der Waals surface area contributed by atoms with Gasteiger partial charge in [-0.2, -0.15) is 5.10 Å². The molecule has 2 heterocycles. The Hall–Kier alpha value is -2.51. The summed E-state index contributed by atoms with van der Waals surface area (Å²) in [7, 11) is 0. The van der Waals surface area contributed by atoms with Crippen LogP contribution in [0.2, 0.25) is 0 Å². The highest BCUT2D eigenvalue weighted by atomic mass is 32.1. The van der Waals surface area contributed by atoms with Crippen LogP contribution in [0.5, 0.6) is 0 Å². The van der Waals surface area contributed by atoms with Gasteiger partial charge >= 0.3 is 5.97 Å².